The first-order chi connectivity index (χ1) is 4.57. The summed E-state index contributed by atoms with van der Waals surface area (Å²) in [5.74, 6) is -1.01. The second-order valence-corrected chi connectivity index (χ2v) is 1.90. The highest BCUT2D eigenvalue weighted by Gasteiger charge is 2.11. The van der Waals surface area contributed by atoms with E-state index in [2.05, 4.69) is 4.74 Å². The first-order valence-corrected chi connectivity index (χ1v) is 2.88. The molecular formula is C6H10O4. The first-order valence-electron chi connectivity index (χ1n) is 2.88. The van der Waals surface area contributed by atoms with Crippen LogP contribution in [0, 0.1) is 0 Å². The van der Waals surface area contributed by atoms with Crippen molar-refractivity contribution in [2.45, 2.75) is 20.0 Å². The lowest BCUT2D eigenvalue weighted by Crippen LogP contribution is -2.23. The van der Waals surface area contributed by atoms with Crippen LogP contribution in [0.2, 0.25) is 0 Å². The summed E-state index contributed by atoms with van der Waals surface area (Å²) in [6.45, 7) is 2.09. The predicted octanol–water partition coefficient (Wildman–Crippen LogP) is -0.501. The van der Waals surface area contributed by atoms with E-state index in [0.717, 1.165) is 0 Å². The lowest BCUT2D eigenvalue weighted by atomic mass is 10.3. The van der Waals surface area contributed by atoms with Crippen molar-refractivity contribution >= 4 is 11.8 Å². The van der Waals surface area contributed by atoms with Crippen molar-refractivity contribution in [1.29, 1.82) is 0 Å². The second-order valence-electron chi connectivity index (χ2n) is 1.90. The van der Waals surface area contributed by atoms with Crippen LogP contribution in [-0.2, 0) is 14.3 Å². The molecule has 0 aromatic rings. The van der Waals surface area contributed by atoms with Crippen molar-refractivity contribution in [3.8, 4) is 0 Å². The maximum absolute atomic E-state index is 10.4. The van der Waals surface area contributed by atoms with E-state index in [1.165, 1.54) is 13.8 Å². The zero-order chi connectivity index (χ0) is 8.15. The van der Waals surface area contributed by atoms with Crippen LogP contribution in [-0.4, -0.2) is 29.6 Å². The van der Waals surface area contributed by atoms with Gasteiger partial charge in [0.25, 0.3) is 0 Å². The summed E-state index contributed by atoms with van der Waals surface area (Å²) in [5.41, 5.74) is 0. The molecule has 0 aliphatic carbocycles. The van der Waals surface area contributed by atoms with Crippen LogP contribution in [0.25, 0.3) is 0 Å². The van der Waals surface area contributed by atoms with Gasteiger partial charge in [0, 0.05) is 0 Å². The Morgan fingerprint density at radius 3 is 2.40 bits per heavy atom. The van der Waals surface area contributed by atoms with Crippen molar-refractivity contribution in [3.63, 3.8) is 0 Å². The van der Waals surface area contributed by atoms with Gasteiger partial charge in [-0.25, -0.2) is 4.79 Å². The fourth-order valence-electron chi connectivity index (χ4n) is 0.317. The summed E-state index contributed by atoms with van der Waals surface area (Å²) in [7, 11) is 0. The molecule has 1 atom stereocenters. The summed E-state index contributed by atoms with van der Waals surface area (Å²) < 4.78 is 4.42. The molecule has 0 radical (unpaired) electrons. The van der Waals surface area contributed by atoms with Crippen LogP contribution in [0.3, 0.4) is 0 Å². The molecule has 0 saturated carbocycles. The molecule has 0 aromatic heterocycles. The third kappa shape index (κ3) is 3.19. The Balaban J connectivity index is 3.68. The molecule has 1 unspecified atom stereocenters. The van der Waals surface area contributed by atoms with E-state index in [4.69, 9.17) is 5.11 Å². The number of hydrogen-bond donors (Lipinski definition) is 1. The van der Waals surface area contributed by atoms with Gasteiger partial charge in [0.15, 0.2) is 11.9 Å². The van der Waals surface area contributed by atoms with Gasteiger partial charge in [0.2, 0.25) is 0 Å². The Bertz CT molecular complexity index is 141. The molecule has 0 aliphatic heterocycles. The number of ether oxygens (including phenoxy) is 1. The quantitative estimate of drug-likeness (QED) is 0.545. The van der Waals surface area contributed by atoms with Crippen LogP contribution in [0.15, 0.2) is 0 Å². The summed E-state index contributed by atoms with van der Waals surface area (Å²) in [4.78, 5) is 20.7. The fraction of sp³-hybridized carbons (Fsp3) is 0.667. The van der Waals surface area contributed by atoms with Gasteiger partial charge in [-0.15, -0.1) is 0 Å². The van der Waals surface area contributed by atoms with Crippen molar-refractivity contribution in [1.82, 2.24) is 0 Å². The average molecular weight is 146 g/mol. The highest BCUT2D eigenvalue weighted by atomic mass is 16.6. The minimum absolute atomic E-state index is 0.234. The van der Waals surface area contributed by atoms with Crippen LogP contribution < -0.4 is 0 Å². The van der Waals surface area contributed by atoms with Crippen LogP contribution in [0.1, 0.15) is 13.8 Å². The number of rotatable bonds is 3. The van der Waals surface area contributed by atoms with Crippen molar-refractivity contribution in [2.24, 2.45) is 0 Å². The van der Waals surface area contributed by atoms with E-state index in [1.807, 2.05) is 0 Å². The summed E-state index contributed by atoms with van der Waals surface area (Å²) in [6, 6.07) is 0. The number of Topliss-reactive ketones (excluding diaryl/α,β-unsaturated/α-hetero) is 1. The number of aliphatic hydroxyl groups is 1. The molecular weight excluding hydrogens is 136 g/mol. The first kappa shape index (κ1) is 9.10. The highest BCUT2D eigenvalue weighted by molar-refractivity contribution is 5.83. The Morgan fingerprint density at radius 2 is 2.10 bits per heavy atom. The molecule has 4 nitrogen and oxygen atoms in total. The molecule has 4 heteroatoms. The number of ketones is 1. The van der Waals surface area contributed by atoms with Crippen LogP contribution >= 0.6 is 0 Å². The van der Waals surface area contributed by atoms with E-state index in [9.17, 15) is 9.59 Å². The number of carbonyl (C=O) groups excluding carboxylic acids is 2. The van der Waals surface area contributed by atoms with Gasteiger partial charge in [0.05, 0.1) is 0 Å². The third-order valence-electron chi connectivity index (χ3n) is 1.01. The molecule has 0 fully saturated rings. The Hall–Kier alpha value is -0.900. The minimum atomic E-state index is -0.775. The molecule has 0 spiro atoms. The van der Waals surface area contributed by atoms with E-state index in [0.29, 0.717) is 0 Å². The molecule has 0 saturated heterocycles. The second kappa shape index (κ2) is 4.00. The third-order valence-corrected chi connectivity index (χ3v) is 1.01. The standard InChI is InChI=1S/C6H10O4/c1-4(8)5(2)10-6(9)3-7/h5,7H,3H2,1-2H3. The molecule has 10 heavy (non-hydrogen) atoms. The fourth-order valence-corrected chi connectivity index (χ4v) is 0.317. The summed E-state index contributed by atoms with van der Waals surface area (Å²) in [5, 5.41) is 8.18. The summed E-state index contributed by atoms with van der Waals surface area (Å²) >= 11 is 0. The smallest absolute Gasteiger partial charge is 0.332 e. The average Bonchev–Trinajstić information content (AvgIpc) is 1.87. The van der Waals surface area contributed by atoms with Crippen molar-refractivity contribution in [3.05, 3.63) is 0 Å². The zero-order valence-corrected chi connectivity index (χ0v) is 5.96. The van der Waals surface area contributed by atoms with E-state index in [-0.39, 0.29) is 5.78 Å². The van der Waals surface area contributed by atoms with Gasteiger partial charge < -0.3 is 9.84 Å². The molecule has 0 aliphatic rings. The monoisotopic (exact) mass is 146 g/mol. The number of aliphatic hydroxyl groups excluding tert-OH is 1. The van der Waals surface area contributed by atoms with Crippen molar-refractivity contribution < 1.29 is 19.4 Å². The SMILES string of the molecule is CC(=O)C(C)OC(=O)CO. The number of esters is 1. The molecule has 0 bridgehead atoms. The highest BCUT2D eigenvalue weighted by Crippen LogP contribution is 1.91. The minimum Gasteiger partial charge on any atom is -0.453 e. The maximum atomic E-state index is 10.4. The van der Waals surface area contributed by atoms with E-state index < -0.39 is 18.7 Å². The Kier molecular flexibility index (Phi) is 3.64. The van der Waals surface area contributed by atoms with Gasteiger partial charge in [-0.3, -0.25) is 4.79 Å². The molecule has 58 valence electrons. The van der Waals surface area contributed by atoms with Gasteiger partial charge in [0.1, 0.15) is 6.61 Å². The molecule has 0 aromatic carbocycles. The number of carbonyl (C=O) groups is 2. The lowest BCUT2D eigenvalue weighted by molar-refractivity contribution is -0.156. The van der Waals surface area contributed by atoms with Gasteiger partial charge >= 0.3 is 5.97 Å². The summed E-state index contributed by atoms with van der Waals surface area (Å²) in [6.07, 6.45) is -0.750. The number of hydrogen-bond acceptors (Lipinski definition) is 4. The van der Waals surface area contributed by atoms with E-state index in [1.54, 1.807) is 0 Å². The topological polar surface area (TPSA) is 63.6 Å². The molecule has 0 heterocycles. The molecule has 1 N–H and O–H groups in total. The van der Waals surface area contributed by atoms with Gasteiger partial charge in [-0.2, -0.15) is 0 Å². The molecule has 0 amide bonds. The Labute approximate surface area is 58.8 Å². The lowest BCUT2D eigenvalue weighted by Gasteiger charge is -2.07. The van der Waals surface area contributed by atoms with Gasteiger partial charge in [-0.05, 0) is 13.8 Å². The largest absolute Gasteiger partial charge is 0.453 e. The van der Waals surface area contributed by atoms with Gasteiger partial charge in [-0.1, -0.05) is 0 Å². The Morgan fingerprint density at radius 1 is 1.60 bits per heavy atom. The molecule has 0 rings (SSSR count). The maximum Gasteiger partial charge on any atom is 0.332 e. The van der Waals surface area contributed by atoms with E-state index >= 15 is 0 Å². The van der Waals surface area contributed by atoms with Crippen LogP contribution in [0.5, 0.6) is 0 Å². The predicted molar refractivity (Wildman–Crippen MR) is 33.3 cm³/mol. The zero-order valence-electron chi connectivity index (χ0n) is 5.96. The normalized spacial score (nSPS) is 12.3. The van der Waals surface area contributed by atoms with Crippen molar-refractivity contribution in [2.75, 3.05) is 6.61 Å². The van der Waals surface area contributed by atoms with Crippen LogP contribution in [0.4, 0.5) is 0 Å².